The number of pyridine rings is 1. The summed E-state index contributed by atoms with van der Waals surface area (Å²) in [6.07, 6.45) is 0.841. The van der Waals surface area contributed by atoms with Crippen molar-refractivity contribution in [2.24, 2.45) is 0 Å². The Bertz CT molecular complexity index is 1540. The van der Waals surface area contributed by atoms with Gasteiger partial charge in [0.05, 0.1) is 34.9 Å². The van der Waals surface area contributed by atoms with Gasteiger partial charge in [-0.1, -0.05) is 0 Å². The number of fused-ring (bicyclic) bond motifs is 1. The van der Waals surface area contributed by atoms with Crippen LogP contribution in [0.4, 0.5) is 24.8 Å². The first kappa shape index (κ1) is 24.1. The first-order valence-corrected chi connectivity index (χ1v) is 12.5. The number of anilines is 2. The molecule has 36 heavy (non-hydrogen) atoms. The van der Waals surface area contributed by atoms with E-state index in [9.17, 15) is 26.7 Å². The molecule has 15 heteroatoms. The molecule has 4 heterocycles. The number of nitrogens with zero attached hydrogens (tertiary/aromatic N) is 7. The molecule has 190 valence electrons. The summed E-state index contributed by atoms with van der Waals surface area (Å²) < 4.78 is 67.2. The lowest BCUT2D eigenvalue weighted by atomic mass is 10.2. The molecule has 11 nitrogen and oxygen atoms in total. The van der Waals surface area contributed by atoms with Crippen LogP contribution in [-0.4, -0.2) is 58.6 Å². The van der Waals surface area contributed by atoms with Crippen molar-refractivity contribution in [3.63, 3.8) is 0 Å². The summed E-state index contributed by atoms with van der Waals surface area (Å²) in [7, 11) is -3.54. The third kappa shape index (κ3) is 4.39. The molecule has 2 N–H and O–H groups in total. The molecule has 2 atom stereocenters. The second kappa shape index (κ2) is 8.51. The Morgan fingerprint density at radius 3 is 2.56 bits per heavy atom. The lowest BCUT2D eigenvalue weighted by Crippen LogP contribution is -2.25. The number of aromatic nitrogens is 7. The van der Waals surface area contributed by atoms with Gasteiger partial charge in [-0.3, -0.25) is 0 Å². The highest BCUT2D eigenvalue weighted by Crippen LogP contribution is 2.36. The maximum atomic E-state index is 13.5. The highest BCUT2D eigenvalue weighted by molar-refractivity contribution is 7.90. The molecule has 0 aromatic carbocycles. The van der Waals surface area contributed by atoms with E-state index in [1.54, 1.807) is 0 Å². The predicted octanol–water partition coefficient (Wildman–Crippen LogP) is 3.35. The van der Waals surface area contributed by atoms with Crippen molar-refractivity contribution >= 4 is 32.7 Å². The van der Waals surface area contributed by atoms with E-state index in [4.69, 9.17) is 0 Å². The molecule has 1 fully saturated rings. The average Bonchev–Trinajstić information content (AvgIpc) is 3.44. The topological polar surface area (TPSA) is 141 Å². The van der Waals surface area contributed by atoms with Crippen LogP contribution in [-0.2, 0) is 10.0 Å². The van der Waals surface area contributed by atoms with Gasteiger partial charge in [0.2, 0.25) is 0 Å². The van der Waals surface area contributed by atoms with Crippen LogP contribution in [0.25, 0.3) is 22.4 Å². The maximum absolute atomic E-state index is 13.5. The van der Waals surface area contributed by atoms with Crippen LogP contribution in [0.1, 0.15) is 44.7 Å². The second-order valence-corrected chi connectivity index (χ2v) is 10.6. The second-order valence-electron chi connectivity index (χ2n) is 8.53. The summed E-state index contributed by atoms with van der Waals surface area (Å²) in [4.78, 5) is 16.8. The molecule has 0 bridgehead atoms. The smallest absolute Gasteiger partial charge is 0.385 e. The summed E-state index contributed by atoms with van der Waals surface area (Å²) in [5, 5.41) is 16.4. The molecular weight excluding hydrogens is 501 g/mol. The van der Waals surface area contributed by atoms with E-state index in [1.807, 2.05) is 0 Å². The summed E-state index contributed by atoms with van der Waals surface area (Å²) in [6, 6.07) is 0.979. The molecule has 5 rings (SSSR count). The van der Waals surface area contributed by atoms with E-state index >= 15 is 0 Å². The molecule has 0 saturated heterocycles. The number of halogens is 3. The Kier molecular flexibility index (Phi) is 5.70. The van der Waals surface area contributed by atoms with Gasteiger partial charge in [-0.05, 0) is 32.8 Å². The first-order chi connectivity index (χ1) is 16.9. The molecule has 1 saturated carbocycles. The van der Waals surface area contributed by atoms with E-state index < -0.39 is 33.6 Å². The van der Waals surface area contributed by atoms with E-state index in [2.05, 4.69) is 30.4 Å². The fraction of sp³-hybridized carbons (Fsp3) is 0.381. The van der Waals surface area contributed by atoms with Crippen molar-refractivity contribution < 1.29 is 26.7 Å². The number of hydrogen-bond donors (Lipinski definition) is 2. The summed E-state index contributed by atoms with van der Waals surface area (Å²) in [5.74, 6) is 0.531. The zero-order valence-electron chi connectivity index (χ0n) is 19.0. The molecule has 4 aromatic rings. The minimum atomic E-state index is -4.56. The van der Waals surface area contributed by atoms with Gasteiger partial charge in [0.15, 0.2) is 5.82 Å². The van der Waals surface area contributed by atoms with Crippen LogP contribution in [0.2, 0.25) is 0 Å². The molecule has 4 aromatic heterocycles. The van der Waals surface area contributed by atoms with Crippen LogP contribution in [0.5, 0.6) is 0 Å². The summed E-state index contributed by atoms with van der Waals surface area (Å²) >= 11 is 0. The van der Waals surface area contributed by atoms with Gasteiger partial charge in [-0.15, -0.1) is 0 Å². The normalized spacial score (nSPS) is 16.3. The third-order valence-electron chi connectivity index (χ3n) is 5.77. The molecule has 1 aliphatic carbocycles. The highest BCUT2D eigenvalue weighted by Gasteiger charge is 2.40. The molecule has 1 aliphatic rings. The number of rotatable bonds is 7. The van der Waals surface area contributed by atoms with E-state index in [0.717, 1.165) is 15.6 Å². The molecule has 0 aliphatic heterocycles. The van der Waals surface area contributed by atoms with Gasteiger partial charge < -0.3 is 15.0 Å². The number of aliphatic hydroxyl groups excluding tert-OH is 1. The van der Waals surface area contributed by atoms with E-state index in [0.29, 0.717) is 18.4 Å². The SMILES string of the molecule is C[C@@H](O)c1nc2cnc(Nc3ccnc(-c4cnn(S(=O)(=O)C5CC5)c4)n3)cc2n1[C@H](C)C(F)(F)F. The summed E-state index contributed by atoms with van der Waals surface area (Å²) in [5.41, 5.74) is 0.708. The minimum absolute atomic E-state index is 0.128. The monoisotopic (exact) mass is 522 g/mol. The highest BCUT2D eigenvalue weighted by atomic mass is 32.2. The average molecular weight is 523 g/mol. The van der Waals surface area contributed by atoms with Crippen LogP contribution in [0, 0.1) is 0 Å². The summed E-state index contributed by atoms with van der Waals surface area (Å²) in [6.45, 7) is 2.33. The van der Waals surface area contributed by atoms with Crippen LogP contribution < -0.4 is 5.32 Å². The zero-order chi connectivity index (χ0) is 25.8. The molecule has 0 spiro atoms. The van der Waals surface area contributed by atoms with Crippen molar-refractivity contribution in [2.45, 2.75) is 50.3 Å². The van der Waals surface area contributed by atoms with Gasteiger partial charge in [0.25, 0.3) is 10.0 Å². The van der Waals surface area contributed by atoms with Gasteiger partial charge in [0.1, 0.15) is 35.1 Å². The lowest BCUT2D eigenvalue weighted by Gasteiger charge is -2.21. The first-order valence-electron chi connectivity index (χ1n) is 11.0. The van der Waals surface area contributed by atoms with Crippen molar-refractivity contribution in [1.29, 1.82) is 0 Å². The van der Waals surface area contributed by atoms with Gasteiger partial charge in [-0.25, -0.2) is 28.4 Å². The number of nitrogens with one attached hydrogen (secondary N) is 1. The Morgan fingerprint density at radius 2 is 1.89 bits per heavy atom. The lowest BCUT2D eigenvalue weighted by molar-refractivity contribution is -0.163. The van der Waals surface area contributed by atoms with Crippen LogP contribution >= 0.6 is 0 Å². The number of hydrogen-bond acceptors (Lipinski definition) is 9. The zero-order valence-corrected chi connectivity index (χ0v) is 19.9. The Balaban J connectivity index is 1.46. The number of aliphatic hydroxyl groups is 1. The Hall–Kier alpha value is -3.59. The predicted molar refractivity (Wildman–Crippen MR) is 123 cm³/mol. The van der Waals surface area contributed by atoms with Crippen molar-refractivity contribution in [2.75, 3.05) is 5.32 Å². The van der Waals surface area contributed by atoms with Crippen molar-refractivity contribution in [3.8, 4) is 11.4 Å². The third-order valence-corrected chi connectivity index (χ3v) is 7.81. The molecule has 0 amide bonds. The molecule has 0 radical (unpaired) electrons. The quantitative estimate of drug-likeness (QED) is 0.374. The van der Waals surface area contributed by atoms with Crippen molar-refractivity contribution in [1.82, 2.24) is 33.7 Å². The molecular formula is C21H21F3N8O3S. The standard InChI is InChI=1S/C21H21F3N8O3S/c1-11(33)20-28-15-9-26-18(7-16(15)32(20)12(2)21(22,23)24)29-17-5-6-25-19(30-17)13-8-27-31(10-13)36(34,35)14-3-4-14/h5-12,14,33H,3-4H2,1-2H3,(H,25,26,29,30)/t11-,12-/m1/s1. The van der Waals surface area contributed by atoms with Gasteiger partial charge >= 0.3 is 6.18 Å². The Morgan fingerprint density at radius 1 is 1.14 bits per heavy atom. The largest absolute Gasteiger partial charge is 0.408 e. The fourth-order valence-corrected chi connectivity index (χ4v) is 5.19. The Labute approximate surface area is 203 Å². The number of imidazole rings is 1. The van der Waals surface area contributed by atoms with Gasteiger partial charge in [-0.2, -0.15) is 22.4 Å². The van der Waals surface area contributed by atoms with E-state index in [1.165, 1.54) is 43.8 Å². The van der Waals surface area contributed by atoms with E-state index in [-0.39, 0.29) is 34.3 Å². The van der Waals surface area contributed by atoms with Crippen LogP contribution in [0.15, 0.2) is 36.9 Å². The minimum Gasteiger partial charge on any atom is -0.385 e. The number of alkyl halides is 3. The van der Waals surface area contributed by atoms with Crippen LogP contribution in [0.3, 0.4) is 0 Å². The fourth-order valence-electron chi connectivity index (χ4n) is 3.71. The van der Waals surface area contributed by atoms with Crippen molar-refractivity contribution in [3.05, 3.63) is 42.7 Å². The maximum Gasteiger partial charge on any atom is 0.408 e. The molecule has 0 unspecified atom stereocenters. The van der Waals surface area contributed by atoms with Gasteiger partial charge in [0, 0.05) is 12.3 Å².